The fourth-order valence-electron chi connectivity index (χ4n) is 2.71. The molecule has 2 aliphatic heterocycles. The maximum atomic E-state index is 11.8. The summed E-state index contributed by atoms with van der Waals surface area (Å²) in [4.78, 5) is 16.0. The lowest BCUT2D eigenvalue weighted by atomic mass is 10.2. The third kappa shape index (κ3) is 3.14. The predicted molar refractivity (Wildman–Crippen MR) is 79.1 cm³/mol. The van der Waals surface area contributed by atoms with Gasteiger partial charge in [0.2, 0.25) is 5.91 Å². The van der Waals surface area contributed by atoms with E-state index in [9.17, 15) is 4.79 Å². The Hall–Kier alpha value is -1.10. The lowest BCUT2D eigenvalue weighted by Crippen LogP contribution is -2.35. The quantitative estimate of drug-likeness (QED) is 0.798. The molecule has 0 radical (unpaired) electrons. The van der Waals surface area contributed by atoms with Crippen molar-refractivity contribution >= 4 is 23.2 Å². The van der Waals surface area contributed by atoms with Gasteiger partial charge in [0.05, 0.1) is 18.6 Å². The van der Waals surface area contributed by atoms with Crippen LogP contribution in [-0.2, 0) is 16.1 Å². The zero-order chi connectivity index (χ0) is 13.9. The zero-order valence-corrected chi connectivity index (χ0v) is 12.2. The Labute approximate surface area is 124 Å². The van der Waals surface area contributed by atoms with Crippen molar-refractivity contribution in [2.45, 2.75) is 18.3 Å². The van der Waals surface area contributed by atoms with E-state index in [-0.39, 0.29) is 11.3 Å². The van der Waals surface area contributed by atoms with Gasteiger partial charge in [0, 0.05) is 38.3 Å². The number of hydrogen-bond acceptors (Lipinski definition) is 3. The molecule has 0 spiro atoms. The molecular formula is C15H19ClN2O2. The highest BCUT2D eigenvalue weighted by molar-refractivity contribution is 6.24. The van der Waals surface area contributed by atoms with Gasteiger partial charge in [0.15, 0.2) is 0 Å². The fraction of sp³-hybridized carbons (Fsp3) is 0.533. The number of amides is 1. The number of morpholine rings is 1. The van der Waals surface area contributed by atoms with Crippen LogP contribution in [0.3, 0.4) is 0 Å². The SMILES string of the molecule is O=C1CC(Cl)CN1c1ccc(CN2CCOCC2)cc1. The number of carbonyl (C=O) groups is 1. The number of alkyl halides is 1. The molecule has 108 valence electrons. The Kier molecular flexibility index (Phi) is 4.24. The van der Waals surface area contributed by atoms with Gasteiger partial charge >= 0.3 is 0 Å². The van der Waals surface area contributed by atoms with Gasteiger partial charge in [-0.25, -0.2) is 0 Å². The number of benzene rings is 1. The second-order valence-electron chi connectivity index (χ2n) is 5.36. The van der Waals surface area contributed by atoms with E-state index in [1.54, 1.807) is 4.90 Å². The van der Waals surface area contributed by atoms with Gasteiger partial charge in [-0.05, 0) is 17.7 Å². The molecule has 0 saturated carbocycles. The molecule has 5 heteroatoms. The normalized spacial score (nSPS) is 24.4. The van der Waals surface area contributed by atoms with Crippen LogP contribution < -0.4 is 4.90 Å². The summed E-state index contributed by atoms with van der Waals surface area (Å²) in [5.41, 5.74) is 2.22. The van der Waals surface area contributed by atoms with Crippen LogP contribution in [0.5, 0.6) is 0 Å². The van der Waals surface area contributed by atoms with Gasteiger partial charge < -0.3 is 9.64 Å². The van der Waals surface area contributed by atoms with Crippen LogP contribution in [0.4, 0.5) is 5.69 Å². The Balaban J connectivity index is 1.63. The Morgan fingerprint density at radius 1 is 1.20 bits per heavy atom. The average Bonchev–Trinajstić information content (AvgIpc) is 2.80. The Bertz CT molecular complexity index is 471. The lowest BCUT2D eigenvalue weighted by molar-refractivity contribution is -0.117. The third-order valence-corrected chi connectivity index (χ3v) is 4.13. The molecule has 20 heavy (non-hydrogen) atoms. The molecule has 1 aromatic carbocycles. The van der Waals surface area contributed by atoms with E-state index in [0.717, 1.165) is 38.5 Å². The third-order valence-electron chi connectivity index (χ3n) is 3.84. The van der Waals surface area contributed by atoms with Gasteiger partial charge in [0.25, 0.3) is 0 Å². The summed E-state index contributed by atoms with van der Waals surface area (Å²) in [5.74, 6) is 0.117. The molecule has 0 aromatic heterocycles. The molecule has 0 N–H and O–H groups in total. The number of carbonyl (C=O) groups excluding carboxylic acids is 1. The number of halogens is 1. The first-order valence-corrected chi connectivity index (χ1v) is 7.49. The highest BCUT2D eigenvalue weighted by Crippen LogP contribution is 2.24. The van der Waals surface area contributed by atoms with Crippen LogP contribution in [0, 0.1) is 0 Å². The van der Waals surface area contributed by atoms with Gasteiger partial charge in [-0.2, -0.15) is 0 Å². The molecule has 1 unspecified atom stereocenters. The maximum Gasteiger partial charge on any atom is 0.228 e. The van der Waals surface area contributed by atoms with Crippen LogP contribution in [0.1, 0.15) is 12.0 Å². The van der Waals surface area contributed by atoms with Crippen LogP contribution in [0.25, 0.3) is 0 Å². The number of ether oxygens (including phenoxy) is 1. The summed E-state index contributed by atoms with van der Waals surface area (Å²) in [6.45, 7) is 5.16. The van der Waals surface area contributed by atoms with Crippen LogP contribution in [-0.4, -0.2) is 49.0 Å². The highest BCUT2D eigenvalue weighted by Gasteiger charge is 2.28. The molecule has 0 aliphatic carbocycles. The standard InChI is InChI=1S/C15H19ClN2O2/c16-13-9-15(19)18(11-13)14-3-1-12(2-4-14)10-17-5-7-20-8-6-17/h1-4,13H,5-11H2. The molecule has 1 aromatic rings. The van der Waals surface area contributed by atoms with E-state index in [2.05, 4.69) is 17.0 Å². The summed E-state index contributed by atoms with van der Waals surface area (Å²) >= 11 is 6.03. The van der Waals surface area contributed by atoms with E-state index in [0.29, 0.717) is 13.0 Å². The van der Waals surface area contributed by atoms with Crippen LogP contribution in [0.15, 0.2) is 24.3 Å². The van der Waals surface area contributed by atoms with Crippen molar-refractivity contribution in [2.75, 3.05) is 37.7 Å². The summed E-state index contributed by atoms with van der Waals surface area (Å²) in [6.07, 6.45) is 0.442. The second-order valence-corrected chi connectivity index (χ2v) is 5.98. The van der Waals surface area contributed by atoms with E-state index >= 15 is 0 Å². The molecule has 4 nitrogen and oxygen atoms in total. The van der Waals surface area contributed by atoms with Gasteiger partial charge in [-0.1, -0.05) is 12.1 Å². The largest absolute Gasteiger partial charge is 0.379 e. The molecule has 3 rings (SSSR count). The summed E-state index contributed by atoms with van der Waals surface area (Å²) < 4.78 is 5.35. The first-order valence-electron chi connectivity index (χ1n) is 7.06. The second kappa shape index (κ2) is 6.12. The first kappa shape index (κ1) is 13.9. The summed E-state index contributed by atoms with van der Waals surface area (Å²) in [5, 5.41) is -0.0597. The molecule has 2 saturated heterocycles. The van der Waals surface area contributed by atoms with Crippen molar-refractivity contribution in [3.8, 4) is 0 Å². The van der Waals surface area contributed by atoms with Crippen molar-refractivity contribution in [2.24, 2.45) is 0 Å². The molecule has 1 amide bonds. The number of rotatable bonds is 3. The molecule has 2 fully saturated rings. The van der Waals surface area contributed by atoms with Gasteiger partial charge in [-0.15, -0.1) is 11.6 Å². The van der Waals surface area contributed by atoms with E-state index in [1.165, 1.54) is 5.56 Å². The molecule has 1 atom stereocenters. The first-order chi connectivity index (χ1) is 9.72. The lowest BCUT2D eigenvalue weighted by Gasteiger charge is -2.26. The van der Waals surface area contributed by atoms with E-state index < -0.39 is 0 Å². The minimum atomic E-state index is -0.0597. The maximum absolute atomic E-state index is 11.8. The van der Waals surface area contributed by atoms with Crippen molar-refractivity contribution in [3.63, 3.8) is 0 Å². The topological polar surface area (TPSA) is 32.8 Å². The van der Waals surface area contributed by atoms with Crippen molar-refractivity contribution in [1.29, 1.82) is 0 Å². The van der Waals surface area contributed by atoms with Gasteiger partial charge in [0.1, 0.15) is 0 Å². The van der Waals surface area contributed by atoms with Crippen molar-refractivity contribution in [1.82, 2.24) is 4.90 Å². The summed E-state index contributed by atoms with van der Waals surface area (Å²) in [6, 6.07) is 8.23. The molecule has 0 bridgehead atoms. The Morgan fingerprint density at radius 2 is 1.90 bits per heavy atom. The number of nitrogens with zero attached hydrogens (tertiary/aromatic N) is 2. The molecule has 2 aliphatic rings. The predicted octanol–water partition coefficient (Wildman–Crippen LogP) is 1.86. The minimum Gasteiger partial charge on any atom is -0.379 e. The number of anilines is 1. The highest BCUT2D eigenvalue weighted by atomic mass is 35.5. The van der Waals surface area contributed by atoms with Gasteiger partial charge in [-0.3, -0.25) is 9.69 Å². The van der Waals surface area contributed by atoms with E-state index in [1.807, 2.05) is 12.1 Å². The smallest absolute Gasteiger partial charge is 0.228 e. The minimum absolute atomic E-state index is 0.0597. The number of hydrogen-bond donors (Lipinski definition) is 0. The molecular weight excluding hydrogens is 276 g/mol. The van der Waals surface area contributed by atoms with Crippen LogP contribution in [0.2, 0.25) is 0 Å². The fourth-order valence-corrected chi connectivity index (χ4v) is 2.98. The average molecular weight is 295 g/mol. The van der Waals surface area contributed by atoms with Crippen molar-refractivity contribution < 1.29 is 9.53 Å². The monoisotopic (exact) mass is 294 g/mol. The molecule has 2 heterocycles. The summed E-state index contributed by atoms with van der Waals surface area (Å²) in [7, 11) is 0. The zero-order valence-electron chi connectivity index (χ0n) is 11.4. The van der Waals surface area contributed by atoms with Crippen molar-refractivity contribution in [3.05, 3.63) is 29.8 Å². The van der Waals surface area contributed by atoms with Crippen LogP contribution >= 0.6 is 11.6 Å². The van der Waals surface area contributed by atoms with E-state index in [4.69, 9.17) is 16.3 Å². The Morgan fingerprint density at radius 3 is 2.50 bits per heavy atom.